The van der Waals surface area contributed by atoms with Crippen molar-refractivity contribution in [2.24, 2.45) is 11.3 Å². The lowest BCUT2D eigenvalue weighted by Crippen LogP contribution is -2.40. The molecular weight excluding hydrogens is 256 g/mol. The van der Waals surface area contributed by atoms with Crippen LogP contribution in [0.1, 0.15) is 67.7 Å². The molecule has 4 heteroatoms. The Labute approximate surface area is 123 Å². The Morgan fingerprint density at radius 1 is 1.00 bits per heavy atom. The largest absolute Gasteiger partial charge is 0.456 e. The number of hydrogen-bond acceptors (Lipinski definition) is 4. The molecule has 0 atom stereocenters. The second kappa shape index (κ2) is 7.65. The molecule has 0 aromatic carbocycles. The molecule has 0 unspecified atom stereocenters. The molecule has 0 bridgehead atoms. The predicted octanol–water partition coefficient (Wildman–Crippen LogP) is 3.72. The minimum Gasteiger partial charge on any atom is -0.456 e. The fourth-order valence-corrected chi connectivity index (χ4v) is 2.05. The number of ether oxygens (including phenoxy) is 2. The molecule has 4 nitrogen and oxygen atoms in total. The summed E-state index contributed by atoms with van der Waals surface area (Å²) in [4.78, 5) is 23.7. The Morgan fingerprint density at radius 3 is 1.85 bits per heavy atom. The quantitative estimate of drug-likeness (QED) is 0.638. The van der Waals surface area contributed by atoms with Crippen molar-refractivity contribution in [1.82, 2.24) is 0 Å². The minimum absolute atomic E-state index is 0.226. The first-order chi connectivity index (χ1) is 9.15. The summed E-state index contributed by atoms with van der Waals surface area (Å²) in [6, 6.07) is 0. The van der Waals surface area contributed by atoms with Crippen molar-refractivity contribution in [1.29, 1.82) is 0 Å². The molecule has 0 saturated heterocycles. The second-order valence-corrected chi connectivity index (χ2v) is 6.21. The first-order valence-corrected chi connectivity index (χ1v) is 7.54. The fraction of sp³-hybridized carbons (Fsp3) is 0.875. The molecule has 0 aliphatic carbocycles. The topological polar surface area (TPSA) is 52.6 Å². The van der Waals surface area contributed by atoms with E-state index in [1.54, 1.807) is 13.8 Å². The van der Waals surface area contributed by atoms with E-state index in [-0.39, 0.29) is 18.5 Å². The van der Waals surface area contributed by atoms with Gasteiger partial charge in [-0.3, -0.25) is 4.79 Å². The van der Waals surface area contributed by atoms with Gasteiger partial charge in [-0.1, -0.05) is 34.6 Å². The molecule has 0 fully saturated rings. The van der Waals surface area contributed by atoms with Gasteiger partial charge in [0.05, 0.1) is 5.41 Å². The zero-order valence-electron chi connectivity index (χ0n) is 14.0. The average molecular weight is 286 g/mol. The van der Waals surface area contributed by atoms with Gasteiger partial charge >= 0.3 is 11.9 Å². The van der Waals surface area contributed by atoms with Crippen LogP contribution >= 0.6 is 0 Å². The van der Waals surface area contributed by atoms with Crippen molar-refractivity contribution >= 4 is 11.9 Å². The monoisotopic (exact) mass is 286 g/mol. The molecule has 0 N–H and O–H groups in total. The summed E-state index contributed by atoms with van der Waals surface area (Å²) in [5.41, 5.74) is -1.03. The van der Waals surface area contributed by atoms with Gasteiger partial charge in [0.2, 0.25) is 0 Å². The van der Waals surface area contributed by atoms with Gasteiger partial charge in [-0.2, -0.15) is 0 Å². The summed E-state index contributed by atoms with van der Waals surface area (Å²) in [5.74, 6) is -0.605. The van der Waals surface area contributed by atoms with Crippen LogP contribution in [0.4, 0.5) is 0 Å². The fourth-order valence-electron chi connectivity index (χ4n) is 2.05. The molecule has 20 heavy (non-hydrogen) atoms. The molecule has 118 valence electrons. The molecule has 0 amide bonds. The van der Waals surface area contributed by atoms with Gasteiger partial charge in [-0.15, -0.1) is 0 Å². The number of carbonyl (C=O) groups excluding carboxylic acids is 2. The maximum absolute atomic E-state index is 11.9. The van der Waals surface area contributed by atoms with Crippen LogP contribution in [-0.2, 0) is 19.1 Å². The molecule has 0 aromatic rings. The minimum atomic E-state index is -0.565. The van der Waals surface area contributed by atoms with Gasteiger partial charge in [-0.25, -0.2) is 4.79 Å². The van der Waals surface area contributed by atoms with E-state index in [1.807, 2.05) is 34.6 Å². The van der Waals surface area contributed by atoms with Gasteiger partial charge in [-0.05, 0) is 39.0 Å². The normalized spacial score (nSPS) is 12.4. The van der Waals surface area contributed by atoms with Crippen LogP contribution in [-0.4, -0.2) is 24.1 Å². The third-order valence-corrected chi connectivity index (χ3v) is 4.32. The van der Waals surface area contributed by atoms with Gasteiger partial charge in [0.25, 0.3) is 0 Å². The van der Waals surface area contributed by atoms with Crippen molar-refractivity contribution in [3.63, 3.8) is 0 Å². The molecule has 0 saturated carbocycles. The van der Waals surface area contributed by atoms with Gasteiger partial charge in [0.1, 0.15) is 5.60 Å². The lowest BCUT2D eigenvalue weighted by atomic mass is 9.85. The lowest BCUT2D eigenvalue weighted by molar-refractivity contribution is -0.178. The van der Waals surface area contributed by atoms with E-state index in [0.29, 0.717) is 6.42 Å². The summed E-state index contributed by atoms with van der Waals surface area (Å²) in [6.07, 6.45) is 2.17. The van der Waals surface area contributed by atoms with Crippen LogP contribution < -0.4 is 0 Å². The number of carbonyl (C=O) groups is 2. The van der Waals surface area contributed by atoms with E-state index in [1.165, 1.54) is 0 Å². The standard InChI is InChI=1S/C16H30O4/c1-8-15(6,7)14(18)19-11-13(17)20-16(9-2,10-3)12(4)5/h12H,8-11H2,1-7H3. The number of esters is 2. The van der Waals surface area contributed by atoms with Crippen LogP contribution in [0.3, 0.4) is 0 Å². The highest BCUT2D eigenvalue weighted by molar-refractivity contribution is 5.79. The van der Waals surface area contributed by atoms with E-state index >= 15 is 0 Å². The lowest BCUT2D eigenvalue weighted by Gasteiger charge is -2.35. The molecule has 0 aromatic heterocycles. The molecule has 0 radical (unpaired) electrons. The zero-order valence-corrected chi connectivity index (χ0v) is 14.0. The molecule has 0 aliphatic rings. The maximum atomic E-state index is 11.9. The predicted molar refractivity (Wildman–Crippen MR) is 79.3 cm³/mol. The summed E-state index contributed by atoms with van der Waals surface area (Å²) in [5, 5.41) is 0. The third-order valence-electron chi connectivity index (χ3n) is 4.32. The highest BCUT2D eigenvalue weighted by atomic mass is 16.6. The van der Waals surface area contributed by atoms with Crippen molar-refractivity contribution in [3.8, 4) is 0 Å². The Balaban J connectivity index is 4.54. The molecule has 0 spiro atoms. The van der Waals surface area contributed by atoms with Crippen LogP contribution in [0.5, 0.6) is 0 Å². The summed E-state index contributed by atoms with van der Waals surface area (Å²) >= 11 is 0. The van der Waals surface area contributed by atoms with Gasteiger partial charge in [0, 0.05) is 0 Å². The smallest absolute Gasteiger partial charge is 0.344 e. The maximum Gasteiger partial charge on any atom is 0.344 e. The molecular formula is C16H30O4. The van der Waals surface area contributed by atoms with Crippen molar-refractivity contribution in [3.05, 3.63) is 0 Å². The Kier molecular flexibility index (Phi) is 7.25. The number of rotatable bonds is 8. The summed E-state index contributed by atoms with van der Waals surface area (Å²) in [7, 11) is 0. The highest BCUT2D eigenvalue weighted by Crippen LogP contribution is 2.29. The van der Waals surface area contributed by atoms with Crippen LogP contribution in [0, 0.1) is 11.3 Å². The Hall–Kier alpha value is -1.06. The van der Waals surface area contributed by atoms with Crippen LogP contribution in [0.15, 0.2) is 0 Å². The Bertz CT molecular complexity index is 327. The summed E-state index contributed by atoms with van der Waals surface area (Å²) < 4.78 is 10.6. The molecule has 0 aliphatic heterocycles. The first kappa shape index (κ1) is 18.9. The average Bonchev–Trinajstić information content (AvgIpc) is 2.41. The van der Waals surface area contributed by atoms with Gasteiger partial charge < -0.3 is 9.47 Å². The highest BCUT2D eigenvalue weighted by Gasteiger charge is 2.35. The van der Waals surface area contributed by atoms with E-state index < -0.39 is 17.0 Å². The van der Waals surface area contributed by atoms with Crippen molar-refractivity contribution in [2.75, 3.05) is 6.61 Å². The number of hydrogen-bond donors (Lipinski definition) is 0. The van der Waals surface area contributed by atoms with Crippen molar-refractivity contribution < 1.29 is 19.1 Å². The van der Waals surface area contributed by atoms with E-state index in [4.69, 9.17) is 9.47 Å². The third kappa shape index (κ3) is 4.80. The van der Waals surface area contributed by atoms with Crippen LogP contribution in [0.25, 0.3) is 0 Å². The second-order valence-electron chi connectivity index (χ2n) is 6.21. The van der Waals surface area contributed by atoms with Crippen LogP contribution in [0.2, 0.25) is 0 Å². The van der Waals surface area contributed by atoms with Crippen molar-refractivity contribution in [2.45, 2.75) is 73.3 Å². The van der Waals surface area contributed by atoms with E-state index in [0.717, 1.165) is 12.8 Å². The Morgan fingerprint density at radius 2 is 1.50 bits per heavy atom. The first-order valence-electron chi connectivity index (χ1n) is 7.54. The zero-order chi connectivity index (χ0) is 16.0. The molecule has 0 rings (SSSR count). The SMILES string of the molecule is CCC(C)(C)C(=O)OCC(=O)OC(CC)(CC)C(C)C. The van der Waals surface area contributed by atoms with E-state index in [9.17, 15) is 9.59 Å². The molecule has 0 heterocycles. The summed E-state index contributed by atoms with van der Waals surface area (Å²) in [6.45, 7) is 13.3. The van der Waals surface area contributed by atoms with Gasteiger partial charge in [0.15, 0.2) is 6.61 Å². The van der Waals surface area contributed by atoms with E-state index in [2.05, 4.69) is 0 Å².